The largest absolute Gasteiger partial charge is 0.465 e. The van der Waals surface area contributed by atoms with Crippen LogP contribution in [0.2, 0.25) is 0 Å². The Morgan fingerprint density at radius 2 is 1.83 bits per heavy atom. The molecule has 148 valence electrons. The zero-order valence-electron chi connectivity index (χ0n) is 15.8. The highest BCUT2D eigenvalue weighted by molar-refractivity contribution is 6.07. The van der Waals surface area contributed by atoms with Crippen molar-refractivity contribution in [1.82, 2.24) is 4.98 Å². The fourth-order valence-corrected chi connectivity index (χ4v) is 2.77. The first kappa shape index (κ1) is 20.0. The molecule has 2 N–H and O–H groups in total. The van der Waals surface area contributed by atoms with Gasteiger partial charge < -0.3 is 15.4 Å². The summed E-state index contributed by atoms with van der Waals surface area (Å²) in [7, 11) is 1.28. The number of benzene rings is 2. The third kappa shape index (κ3) is 5.16. The molecule has 29 heavy (non-hydrogen) atoms. The molecule has 0 spiro atoms. The monoisotopic (exact) mass is 393 g/mol. The number of nitrogens with zero attached hydrogens (tertiary/aromatic N) is 1. The van der Waals surface area contributed by atoms with Crippen molar-refractivity contribution in [2.75, 3.05) is 24.3 Å². The zero-order valence-corrected chi connectivity index (χ0v) is 15.8. The van der Waals surface area contributed by atoms with Crippen LogP contribution in [0.25, 0.3) is 0 Å². The second-order valence-electron chi connectivity index (χ2n) is 6.19. The average Bonchev–Trinajstić information content (AvgIpc) is 2.75. The predicted octanol–water partition coefficient (Wildman–Crippen LogP) is 3.91. The maximum Gasteiger partial charge on any atom is 0.339 e. The Balaban J connectivity index is 1.66. The minimum absolute atomic E-state index is 0.181. The predicted molar refractivity (Wildman–Crippen MR) is 109 cm³/mol. The number of ether oxygens (including phenoxy) is 1. The molecular weight excluding hydrogens is 373 g/mol. The summed E-state index contributed by atoms with van der Waals surface area (Å²) < 4.78 is 18.4. The number of aromatic nitrogens is 1. The molecule has 1 heterocycles. The van der Waals surface area contributed by atoms with Crippen LogP contribution in [-0.4, -0.2) is 30.5 Å². The summed E-state index contributed by atoms with van der Waals surface area (Å²) in [6.07, 6.45) is 2.01. The van der Waals surface area contributed by atoms with Crippen molar-refractivity contribution in [3.8, 4) is 0 Å². The highest BCUT2D eigenvalue weighted by Gasteiger charge is 2.15. The van der Waals surface area contributed by atoms with E-state index in [0.717, 1.165) is 0 Å². The summed E-state index contributed by atoms with van der Waals surface area (Å²) in [4.78, 5) is 28.5. The summed E-state index contributed by atoms with van der Waals surface area (Å²) >= 11 is 0. The molecule has 0 saturated carbocycles. The van der Waals surface area contributed by atoms with E-state index in [1.807, 2.05) is 0 Å². The summed E-state index contributed by atoms with van der Waals surface area (Å²) in [5, 5.41) is 5.84. The van der Waals surface area contributed by atoms with E-state index in [-0.39, 0.29) is 17.1 Å². The van der Waals surface area contributed by atoms with E-state index in [9.17, 15) is 14.0 Å². The molecule has 0 fully saturated rings. The maximum atomic E-state index is 13.7. The number of amides is 1. The number of para-hydroxylation sites is 1. The Morgan fingerprint density at radius 1 is 1.07 bits per heavy atom. The van der Waals surface area contributed by atoms with E-state index in [0.29, 0.717) is 29.9 Å². The Bertz CT molecular complexity index is 1020. The van der Waals surface area contributed by atoms with E-state index in [1.165, 1.54) is 19.4 Å². The van der Waals surface area contributed by atoms with Gasteiger partial charge in [-0.15, -0.1) is 0 Å². The number of carbonyl (C=O) groups is 2. The molecule has 6 nitrogen and oxygen atoms in total. The molecule has 2 aromatic carbocycles. The molecule has 0 aliphatic rings. The normalized spacial score (nSPS) is 10.3. The van der Waals surface area contributed by atoms with Gasteiger partial charge in [-0.25, -0.2) is 9.18 Å². The van der Waals surface area contributed by atoms with Gasteiger partial charge in [-0.3, -0.25) is 9.78 Å². The van der Waals surface area contributed by atoms with Gasteiger partial charge in [-0.1, -0.05) is 30.3 Å². The number of halogens is 1. The van der Waals surface area contributed by atoms with Crippen LogP contribution in [0, 0.1) is 5.82 Å². The lowest BCUT2D eigenvalue weighted by atomic mass is 10.1. The van der Waals surface area contributed by atoms with E-state index >= 15 is 0 Å². The first-order valence-electron chi connectivity index (χ1n) is 9.00. The van der Waals surface area contributed by atoms with Crippen LogP contribution in [0.4, 0.5) is 15.8 Å². The molecule has 0 aliphatic heterocycles. The van der Waals surface area contributed by atoms with E-state index in [1.54, 1.807) is 54.6 Å². The second kappa shape index (κ2) is 9.45. The van der Waals surface area contributed by atoms with Gasteiger partial charge in [0.25, 0.3) is 5.91 Å². The van der Waals surface area contributed by atoms with Crippen molar-refractivity contribution in [3.05, 3.63) is 89.5 Å². The van der Waals surface area contributed by atoms with Gasteiger partial charge >= 0.3 is 5.97 Å². The second-order valence-corrected chi connectivity index (χ2v) is 6.19. The van der Waals surface area contributed by atoms with Crippen LogP contribution in [0.15, 0.2) is 66.9 Å². The number of hydrogen-bond acceptors (Lipinski definition) is 5. The van der Waals surface area contributed by atoms with Gasteiger partial charge in [0.2, 0.25) is 0 Å². The molecule has 3 rings (SSSR count). The van der Waals surface area contributed by atoms with Gasteiger partial charge in [0.05, 0.1) is 18.4 Å². The Morgan fingerprint density at radius 3 is 2.62 bits per heavy atom. The van der Waals surface area contributed by atoms with Crippen molar-refractivity contribution in [2.24, 2.45) is 0 Å². The number of rotatable bonds is 7. The molecule has 3 aromatic rings. The number of esters is 1. The van der Waals surface area contributed by atoms with Gasteiger partial charge in [0.15, 0.2) is 0 Å². The van der Waals surface area contributed by atoms with Crippen LogP contribution >= 0.6 is 0 Å². The van der Waals surface area contributed by atoms with Gasteiger partial charge in [-0.05, 0) is 42.3 Å². The fraction of sp³-hybridized carbons (Fsp3) is 0.136. The number of nitrogens with one attached hydrogen (secondary N) is 2. The van der Waals surface area contributed by atoms with Crippen molar-refractivity contribution >= 4 is 23.3 Å². The Kier molecular flexibility index (Phi) is 6.52. The van der Waals surface area contributed by atoms with Crippen molar-refractivity contribution < 1.29 is 18.7 Å². The standard InChI is InChI=1S/C22H20FN3O3/c1-29-22(28)17-7-3-5-9-19(17)26-21(27)20-14-16(11-13-25-20)24-12-10-15-6-2-4-8-18(15)23/h2-9,11,13-14H,10,12H2,1H3,(H,24,25)(H,26,27). The molecule has 7 heteroatoms. The third-order valence-corrected chi connectivity index (χ3v) is 4.25. The summed E-state index contributed by atoms with van der Waals surface area (Å²) in [6.45, 7) is 0.497. The van der Waals surface area contributed by atoms with Crippen LogP contribution in [0.3, 0.4) is 0 Å². The van der Waals surface area contributed by atoms with Gasteiger partial charge in [0.1, 0.15) is 11.5 Å². The van der Waals surface area contributed by atoms with Gasteiger partial charge in [-0.2, -0.15) is 0 Å². The van der Waals surface area contributed by atoms with E-state index in [2.05, 4.69) is 15.6 Å². The maximum absolute atomic E-state index is 13.7. The van der Waals surface area contributed by atoms with E-state index in [4.69, 9.17) is 4.74 Å². The number of methoxy groups -OCH3 is 1. The molecule has 0 bridgehead atoms. The highest BCUT2D eigenvalue weighted by atomic mass is 19.1. The Hall–Kier alpha value is -3.74. The molecule has 0 saturated heterocycles. The number of carbonyl (C=O) groups excluding carboxylic acids is 2. The summed E-state index contributed by atoms with van der Waals surface area (Å²) in [6, 6.07) is 16.5. The lowest BCUT2D eigenvalue weighted by Crippen LogP contribution is -2.17. The topological polar surface area (TPSA) is 80.3 Å². The molecule has 0 unspecified atom stereocenters. The number of anilines is 2. The van der Waals surface area contributed by atoms with E-state index < -0.39 is 11.9 Å². The average molecular weight is 393 g/mol. The SMILES string of the molecule is COC(=O)c1ccccc1NC(=O)c1cc(NCCc2ccccc2F)ccn1. The van der Waals surface area contributed by atoms with Crippen LogP contribution in [0.1, 0.15) is 26.4 Å². The fourth-order valence-electron chi connectivity index (χ4n) is 2.77. The molecular formula is C22H20FN3O3. The minimum Gasteiger partial charge on any atom is -0.465 e. The molecule has 0 aliphatic carbocycles. The first-order valence-corrected chi connectivity index (χ1v) is 9.00. The summed E-state index contributed by atoms with van der Waals surface area (Å²) in [5.74, 6) is -1.25. The van der Waals surface area contributed by atoms with Crippen LogP contribution in [0.5, 0.6) is 0 Å². The Labute approximate surface area is 167 Å². The number of pyridine rings is 1. The summed E-state index contributed by atoms with van der Waals surface area (Å²) in [5.41, 5.74) is 2.07. The smallest absolute Gasteiger partial charge is 0.339 e. The first-order chi connectivity index (χ1) is 14.1. The van der Waals surface area contributed by atoms with Crippen LogP contribution in [-0.2, 0) is 11.2 Å². The van der Waals surface area contributed by atoms with Crippen molar-refractivity contribution in [1.29, 1.82) is 0 Å². The van der Waals surface area contributed by atoms with Crippen molar-refractivity contribution in [2.45, 2.75) is 6.42 Å². The molecule has 1 aromatic heterocycles. The highest BCUT2D eigenvalue weighted by Crippen LogP contribution is 2.18. The lowest BCUT2D eigenvalue weighted by Gasteiger charge is -2.11. The van der Waals surface area contributed by atoms with Gasteiger partial charge in [0, 0.05) is 18.4 Å². The molecule has 1 amide bonds. The lowest BCUT2D eigenvalue weighted by molar-refractivity contribution is 0.0602. The minimum atomic E-state index is -0.544. The molecule has 0 atom stereocenters. The quantitative estimate of drug-likeness (QED) is 0.595. The third-order valence-electron chi connectivity index (χ3n) is 4.25. The number of hydrogen-bond donors (Lipinski definition) is 2. The molecule has 0 radical (unpaired) electrons. The zero-order chi connectivity index (χ0) is 20.6. The van der Waals surface area contributed by atoms with Crippen LogP contribution < -0.4 is 10.6 Å². The van der Waals surface area contributed by atoms with Crippen molar-refractivity contribution in [3.63, 3.8) is 0 Å².